The van der Waals surface area contributed by atoms with Gasteiger partial charge in [-0.05, 0) is 44.2 Å². The molecule has 0 spiro atoms. The van der Waals surface area contributed by atoms with Gasteiger partial charge in [0.05, 0.1) is 22.3 Å². The number of pyridine rings is 1. The SMILES string of the molecule is C=CCNC(=O)[C@@H](C)OC(=O)c1cc(-c2ccc(F)cc2)nc2onc(C)c12. The number of aromatic nitrogens is 2. The molecule has 0 fully saturated rings. The molecule has 2 heterocycles. The topological polar surface area (TPSA) is 94.3 Å². The van der Waals surface area contributed by atoms with Crippen molar-refractivity contribution in [2.45, 2.75) is 20.0 Å². The van der Waals surface area contributed by atoms with Crippen molar-refractivity contribution in [3.05, 3.63) is 60.1 Å². The first kappa shape index (κ1) is 19.2. The second-order valence-electron chi connectivity index (χ2n) is 6.09. The second kappa shape index (κ2) is 7.99. The maximum absolute atomic E-state index is 13.2. The highest BCUT2D eigenvalue weighted by Gasteiger charge is 2.24. The Bertz CT molecular complexity index is 1040. The fourth-order valence-corrected chi connectivity index (χ4v) is 2.62. The van der Waals surface area contributed by atoms with Crippen molar-refractivity contribution in [1.29, 1.82) is 0 Å². The van der Waals surface area contributed by atoms with Crippen LogP contribution in [0.1, 0.15) is 23.0 Å². The summed E-state index contributed by atoms with van der Waals surface area (Å²) in [7, 11) is 0. The number of nitrogens with zero attached hydrogens (tertiary/aromatic N) is 2. The Balaban J connectivity index is 1.97. The number of aryl methyl sites for hydroxylation is 1. The monoisotopic (exact) mass is 383 g/mol. The molecule has 0 saturated carbocycles. The average Bonchev–Trinajstić information content (AvgIpc) is 3.06. The molecule has 0 aliphatic carbocycles. The molecule has 1 atom stereocenters. The minimum atomic E-state index is -1.01. The number of halogens is 1. The van der Waals surface area contributed by atoms with Gasteiger partial charge in [-0.25, -0.2) is 14.2 Å². The van der Waals surface area contributed by atoms with E-state index < -0.39 is 18.0 Å². The molecule has 1 amide bonds. The lowest BCUT2D eigenvalue weighted by atomic mass is 10.1. The van der Waals surface area contributed by atoms with E-state index in [1.54, 1.807) is 6.92 Å². The van der Waals surface area contributed by atoms with Gasteiger partial charge in [0, 0.05) is 12.1 Å². The molecule has 0 saturated heterocycles. The molecule has 0 bridgehead atoms. The van der Waals surface area contributed by atoms with Crippen molar-refractivity contribution in [3.8, 4) is 11.3 Å². The van der Waals surface area contributed by atoms with Crippen LogP contribution in [0.2, 0.25) is 0 Å². The van der Waals surface area contributed by atoms with Crippen molar-refractivity contribution in [3.63, 3.8) is 0 Å². The van der Waals surface area contributed by atoms with E-state index in [4.69, 9.17) is 9.26 Å². The fourth-order valence-electron chi connectivity index (χ4n) is 2.62. The molecule has 3 aromatic rings. The summed E-state index contributed by atoms with van der Waals surface area (Å²) >= 11 is 0. The standard InChI is InChI=1S/C20H18FN3O4/c1-4-9-22-18(25)12(3)27-20(26)15-10-16(13-5-7-14(21)8-6-13)23-19-17(15)11(2)24-28-19/h4-8,10,12H,1,9H2,2-3H3,(H,22,25)/t12-/m1/s1. The van der Waals surface area contributed by atoms with Gasteiger partial charge in [0.25, 0.3) is 11.6 Å². The maximum Gasteiger partial charge on any atom is 0.339 e. The molecule has 1 N–H and O–H groups in total. The Morgan fingerprint density at radius 1 is 1.36 bits per heavy atom. The summed E-state index contributed by atoms with van der Waals surface area (Å²) < 4.78 is 23.7. The van der Waals surface area contributed by atoms with Crippen LogP contribution in [0.15, 0.2) is 47.5 Å². The number of fused-ring (bicyclic) bond motifs is 1. The summed E-state index contributed by atoms with van der Waals surface area (Å²) in [6.45, 7) is 6.91. The van der Waals surface area contributed by atoms with E-state index >= 15 is 0 Å². The van der Waals surface area contributed by atoms with E-state index in [2.05, 4.69) is 22.0 Å². The number of benzene rings is 1. The zero-order valence-electron chi connectivity index (χ0n) is 15.4. The summed E-state index contributed by atoms with van der Waals surface area (Å²) in [5, 5.41) is 6.81. The average molecular weight is 383 g/mol. The maximum atomic E-state index is 13.2. The minimum absolute atomic E-state index is 0.148. The van der Waals surface area contributed by atoms with Crippen LogP contribution in [-0.4, -0.2) is 34.7 Å². The van der Waals surface area contributed by atoms with Crippen LogP contribution in [0.25, 0.3) is 22.4 Å². The number of carbonyl (C=O) groups is 2. The molecule has 0 radical (unpaired) electrons. The molecule has 0 aliphatic rings. The molecule has 3 rings (SSSR count). The molecular weight excluding hydrogens is 365 g/mol. The van der Waals surface area contributed by atoms with Crippen molar-refractivity contribution < 1.29 is 23.2 Å². The number of amides is 1. The Labute approximate surface area is 160 Å². The lowest BCUT2D eigenvalue weighted by Gasteiger charge is -2.13. The molecule has 144 valence electrons. The van der Waals surface area contributed by atoms with Gasteiger partial charge in [-0.1, -0.05) is 11.2 Å². The third kappa shape index (κ3) is 3.90. The van der Waals surface area contributed by atoms with Gasteiger partial charge in [0.15, 0.2) is 6.10 Å². The minimum Gasteiger partial charge on any atom is -0.449 e. The predicted molar refractivity (Wildman–Crippen MR) is 100 cm³/mol. The molecule has 8 heteroatoms. The van der Waals surface area contributed by atoms with E-state index in [-0.39, 0.29) is 23.6 Å². The van der Waals surface area contributed by atoms with Crippen LogP contribution in [0.5, 0.6) is 0 Å². The molecular formula is C20H18FN3O4. The third-order valence-corrected chi connectivity index (χ3v) is 4.05. The summed E-state index contributed by atoms with van der Waals surface area (Å²) in [4.78, 5) is 29.1. The first-order valence-corrected chi connectivity index (χ1v) is 8.53. The summed E-state index contributed by atoms with van der Waals surface area (Å²) in [5.74, 6) is -1.55. The predicted octanol–water partition coefficient (Wildman–Crippen LogP) is 3.18. The molecule has 2 aromatic heterocycles. The number of hydrogen-bond donors (Lipinski definition) is 1. The zero-order valence-corrected chi connectivity index (χ0v) is 15.4. The Hall–Kier alpha value is -3.55. The van der Waals surface area contributed by atoms with Crippen molar-refractivity contribution >= 4 is 23.0 Å². The number of hydrogen-bond acceptors (Lipinski definition) is 6. The highest BCUT2D eigenvalue weighted by molar-refractivity contribution is 6.05. The third-order valence-electron chi connectivity index (χ3n) is 4.05. The normalized spacial score (nSPS) is 11.8. The van der Waals surface area contributed by atoms with Crippen LogP contribution in [-0.2, 0) is 9.53 Å². The zero-order chi connectivity index (χ0) is 20.3. The Kier molecular flexibility index (Phi) is 5.49. The smallest absolute Gasteiger partial charge is 0.339 e. The molecule has 28 heavy (non-hydrogen) atoms. The van der Waals surface area contributed by atoms with Gasteiger partial charge < -0.3 is 14.6 Å². The van der Waals surface area contributed by atoms with Gasteiger partial charge in [-0.15, -0.1) is 6.58 Å². The van der Waals surface area contributed by atoms with Crippen molar-refractivity contribution in [1.82, 2.24) is 15.5 Å². The van der Waals surface area contributed by atoms with E-state index in [1.165, 1.54) is 43.3 Å². The summed E-state index contributed by atoms with van der Waals surface area (Å²) in [5.41, 5.74) is 1.74. The van der Waals surface area contributed by atoms with Gasteiger partial charge in [-0.3, -0.25) is 4.79 Å². The van der Waals surface area contributed by atoms with Crippen LogP contribution in [0.4, 0.5) is 4.39 Å². The van der Waals surface area contributed by atoms with E-state index in [0.717, 1.165) is 0 Å². The molecule has 0 aliphatic heterocycles. The van der Waals surface area contributed by atoms with Crippen LogP contribution in [0.3, 0.4) is 0 Å². The van der Waals surface area contributed by atoms with E-state index in [9.17, 15) is 14.0 Å². The van der Waals surface area contributed by atoms with E-state index in [1.807, 2.05) is 0 Å². The van der Waals surface area contributed by atoms with Gasteiger partial charge in [-0.2, -0.15) is 0 Å². The summed E-state index contributed by atoms with van der Waals surface area (Å²) in [6.07, 6.45) is 0.513. The summed E-state index contributed by atoms with van der Waals surface area (Å²) in [6, 6.07) is 7.16. The molecule has 1 aromatic carbocycles. The Morgan fingerprint density at radius 3 is 2.75 bits per heavy atom. The van der Waals surface area contributed by atoms with Crippen molar-refractivity contribution in [2.24, 2.45) is 0 Å². The van der Waals surface area contributed by atoms with Crippen LogP contribution in [0, 0.1) is 12.7 Å². The number of nitrogens with one attached hydrogen (secondary N) is 1. The lowest BCUT2D eigenvalue weighted by Crippen LogP contribution is -2.35. The van der Waals surface area contributed by atoms with Crippen molar-refractivity contribution in [2.75, 3.05) is 6.54 Å². The largest absolute Gasteiger partial charge is 0.449 e. The van der Waals surface area contributed by atoms with Crippen LogP contribution >= 0.6 is 0 Å². The number of rotatable bonds is 6. The van der Waals surface area contributed by atoms with Gasteiger partial charge in [0.2, 0.25) is 0 Å². The van der Waals surface area contributed by atoms with Crippen LogP contribution < -0.4 is 5.32 Å². The first-order valence-electron chi connectivity index (χ1n) is 8.53. The number of esters is 1. The number of carbonyl (C=O) groups excluding carboxylic acids is 2. The van der Waals surface area contributed by atoms with Gasteiger partial charge >= 0.3 is 5.97 Å². The second-order valence-corrected chi connectivity index (χ2v) is 6.09. The number of ether oxygens (including phenoxy) is 1. The quantitative estimate of drug-likeness (QED) is 0.519. The highest BCUT2D eigenvalue weighted by atomic mass is 19.1. The highest BCUT2D eigenvalue weighted by Crippen LogP contribution is 2.28. The van der Waals surface area contributed by atoms with E-state index in [0.29, 0.717) is 22.3 Å². The van der Waals surface area contributed by atoms with Gasteiger partial charge in [0.1, 0.15) is 5.82 Å². The first-order chi connectivity index (χ1) is 13.4. The molecule has 7 nitrogen and oxygen atoms in total. The Morgan fingerprint density at radius 2 is 2.07 bits per heavy atom. The lowest BCUT2D eigenvalue weighted by molar-refractivity contribution is -0.128. The fraction of sp³-hybridized carbons (Fsp3) is 0.200. The molecule has 0 unspecified atom stereocenters.